The van der Waals surface area contributed by atoms with Crippen LogP contribution in [0.3, 0.4) is 0 Å². The summed E-state index contributed by atoms with van der Waals surface area (Å²) < 4.78 is 6.12. The fourth-order valence-corrected chi connectivity index (χ4v) is 3.17. The lowest BCUT2D eigenvalue weighted by Gasteiger charge is -2.16. The van der Waals surface area contributed by atoms with E-state index in [9.17, 15) is 4.79 Å². The molecule has 0 amide bonds. The van der Waals surface area contributed by atoms with E-state index in [-0.39, 0.29) is 11.8 Å². The van der Waals surface area contributed by atoms with Gasteiger partial charge in [-0.2, -0.15) is 0 Å². The van der Waals surface area contributed by atoms with Crippen LogP contribution in [0.2, 0.25) is 0 Å². The van der Waals surface area contributed by atoms with Crippen molar-refractivity contribution in [2.75, 3.05) is 20.2 Å². The van der Waals surface area contributed by atoms with Crippen LogP contribution in [0.1, 0.15) is 12.5 Å². The maximum atomic E-state index is 11.1. The van der Waals surface area contributed by atoms with Crippen LogP contribution in [-0.4, -0.2) is 36.2 Å². The number of hydrogen-bond acceptors (Lipinski definition) is 3. The molecule has 104 valence electrons. The molecule has 2 unspecified atom stereocenters. The van der Waals surface area contributed by atoms with Crippen molar-refractivity contribution in [1.82, 2.24) is 4.90 Å². The minimum absolute atomic E-state index is 0.208. The van der Waals surface area contributed by atoms with Crippen molar-refractivity contribution in [3.63, 3.8) is 0 Å². The summed E-state index contributed by atoms with van der Waals surface area (Å²) in [4.78, 5) is 13.3. The van der Waals surface area contributed by atoms with Gasteiger partial charge in [0.25, 0.3) is 0 Å². The predicted molar refractivity (Wildman–Crippen MR) is 76.3 cm³/mol. The van der Waals surface area contributed by atoms with Crippen LogP contribution in [0.25, 0.3) is 0 Å². The van der Waals surface area contributed by atoms with Crippen molar-refractivity contribution < 1.29 is 14.6 Å². The summed E-state index contributed by atoms with van der Waals surface area (Å²) >= 11 is 3.47. The van der Waals surface area contributed by atoms with Crippen LogP contribution >= 0.6 is 15.9 Å². The molecule has 0 bridgehead atoms. The van der Waals surface area contributed by atoms with Gasteiger partial charge in [-0.3, -0.25) is 9.69 Å². The Balaban J connectivity index is 2.03. The summed E-state index contributed by atoms with van der Waals surface area (Å²) in [5.41, 5.74) is 1.16. The molecule has 1 fully saturated rings. The van der Waals surface area contributed by atoms with E-state index in [0.29, 0.717) is 6.54 Å². The molecule has 19 heavy (non-hydrogen) atoms. The molecule has 0 spiro atoms. The van der Waals surface area contributed by atoms with Crippen molar-refractivity contribution in [2.24, 2.45) is 11.8 Å². The number of hydrogen-bond donors (Lipinski definition) is 1. The van der Waals surface area contributed by atoms with Gasteiger partial charge in [-0.25, -0.2) is 0 Å². The van der Waals surface area contributed by atoms with Gasteiger partial charge in [0.05, 0.1) is 17.5 Å². The van der Waals surface area contributed by atoms with Crippen LogP contribution in [-0.2, 0) is 11.3 Å². The number of likely N-dealkylation sites (tertiary alicyclic amines) is 1. The first-order chi connectivity index (χ1) is 9.01. The molecule has 1 saturated heterocycles. The smallest absolute Gasteiger partial charge is 0.308 e. The number of carboxylic acid groups (broad SMARTS) is 1. The van der Waals surface area contributed by atoms with Gasteiger partial charge in [0.15, 0.2) is 0 Å². The lowest BCUT2D eigenvalue weighted by Crippen LogP contribution is -2.23. The molecule has 1 N–H and O–H groups in total. The van der Waals surface area contributed by atoms with Crippen LogP contribution in [0, 0.1) is 11.8 Å². The normalized spacial score (nSPS) is 23.5. The summed E-state index contributed by atoms with van der Waals surface area (Å²) in [6, 6.07) is 5.97. The van der Waals surface area contributed by atoms with Crippen LogP contribution in [0.15, 0.2) is 22.7 Å². The summed E-state index contributed by atoms with van der Waals surface area (Å²) in [6.07, 6.45) is 0. The van der Waals surface area contributed by atoms with Crippen molar-refractivity contribution in [2.45, 2.75) is 13.5 Å². The molecule has 1 aromatic rings. The largest absolute Gasteiger partial charge is 0.496 e. The third-order valence-corrected chi connectivity index (χ3v) is 4.25. The van der Waals surface area contributed by atoms with E-state index in [1.165, 1.54) is 0 Å². The second-order valence-electron chi connectivity index (χ2n) is 5.08. The first-order valence-electron chi connectivity index (χ1n) is 6.29. The topological polar surface area (TPSA) is 49.8 Å². The Morgan fingerprint density at radius 2 is 2.26 bits per heavy atom. The number of nitrogens with zero attached hydrogens (tertiary/aromatic N) is 1. The number of aliphatic carboxylic acids is 1. The molecule has 5 heteroatoms. The first-order valence-corrected chi connectivity index (χ1v) is 7.08. The molecular weight excluding hydrogens is 310 g/mol. The number of halogens is 1. The number of methoxy groups -OCH3 is 1. The molecule has 1 aliphatic rings. The lowest BCUT2D eigenvalue weighted by atomic mass is 9.99. The third-order valence-electron chi connectivity index (χ3n) is 3.63. The van der Waals surface area contributed by atoms with E-state index in [0.717, 1.165) is 28.9 Å². The molecule has 0 aliphatic carbocycles. The van der Waals surface area contributed by atoms with Gasteiger partial charge in [0.2, 0.25) is 0 Å². The Kier molecular flexibility index (Phi) is 4.47. The van der Waals surface area contributed by atoms with Crippen LogP contribution < -0.4 is 4.74 Å². The number of rotatable bonds is 4. The highest BCUT2D eigenvalue weighted by Crippen LogP contribution is 2.28. The lowest BCUT2D eigenvalue weighted by molar-refractivity contribution is -0.142. The summed E-state index contributed by atoms with van der Waals surface area (Å²) in [6.45, 7) is 4.24. The van der Waals surface area contributed by atoms with E-state index in [4.69, 9.17) is 9.84 Å². The number of ether oxygens (including phenoxy) is 1. The average molecular weight is 328 g/mol. The molecule has 4 nitrogen and oxygen atoms in total. The zero-order valence-corrected chi connectivity index (χ0v) is 12.7. The molecule has 1 heterocycles. The molecule has 0 aromatic heterocycles. The highest BCUT2D eigenvalue weighted by molar-refractivity contribution is 9.10. The minimum Gasteiger partial charge on any atom is -0.496 e. The molecule has 0 saturated carbocycles. The second kappa shape index (κ2) is 5.92. The Labute approximate surface area is 121 Å². The van der Waals surface area contributed by atoms with E-state index >= 15 is 0 Å². The number of carbonyl (C=O) groups is 1. The number of benzene rings is 1. The van der Waals surface area contributed by atoms with Gasteiger partial charge in [0, 0.05) is 19.6 Å². The highest BCUT2D eigenvalue weighted by atomic mass is 79.9. The number of carboxylic acids is 1. The third kappa shape index (κ3) is 3.28. The van der Waals surface area contributed by atoms with Crippen LogP contribution in [0.5, 0.6) is 5.75 Å². The zero-order valence-electron chi connectivity index (χ0n) is 11.1. The van der Waals surface area contributed by atoms with Crippen molar-refractivity contribution in [3.8, 4) is 5.75 Å². The molecule has 1 aliphatic heterocycles. The highest BCUT2D eigenvalue weighted by Gasteiger charge is 2.34. The van der Waals surface area contributed by atoms with Crippen molar-refractivity contribution >= 4 is 21.9 Å². The van der Waals surface area contributed by atoms with Crippen molar-refractivity contribution in [1.29, 1.82) is 0 Å². The van der Waals surface area contributed by atoms with E-state index < -0.39 is 5.97 Å². The van der Waals surface area contributed by atoms with Crippen molar-refractivity contribution in [3.05, 3.63) is 28.2 Å². The zero-order chi connectivity index (χ0) is 14.0. The van der Waals surface area contributed by atoms with Gasteiger partial charge in [-0.05, 0) is 39.5 Å². The molecular formula is C14H18BrNO3. The van der Waals surface area contributed by atoms with E-state index in [1.807, 2.05) is 25.1 Å². The Morgan fingerprint density at radius 3 is 2.79 bits per heavy atom. The van der Waals surface area contributed by atoms with Gasteiger partial charge in [0.1, 0.15) is 5.75 Å². The average Bonchev–Trinajstić information content (AvgIpc) is 2.70. The Morgan fingerprint density at radius 1 is 1.53 bits per heavy atom. The van der Waals surface area contributed by atoms with Gasteiger partial charge >= 0.3 is 5.97 Å². The van der Waals surface area contributed by atoms with Gasteiger partial charge in [-0.1, -0.05) is 13.0 Å². The standard InChI is InChI=1S/C14H18BrNO3/c1-9-6-16(8-11(9)14(17)18)7-10-3-4-13(19-2)12(15)5-10/h3-5,9,11H,6-8H2,1-2H3,(H,17,18). The summed E-state index contributed by atoms with van der Waals surface area (Å²) in [7, 11) is 1.64. The maximum Gasteiger partial charge on any atom is 0.308 e. The predicted octanol–water partition coefficient (Wildman–Crippen LogP) is 2.61. The SMILES string of the molecule is COc1ccc(CN2CC(C)C(C(=O)O)C2)cc1Br. The minimum atomic E-state index is -0.689. The fourth-order valence-electron chi connectivity index (χ4n) is 2.58. The van der Waals surface area contributed by atoms with E-state index in [2.05, 4.69) is 20.8 Å². The monoisotopic (exact) mass is 327 g/mol. The fraction of sp³-hybridized carbons (Fsp3) is 0.500. The van der Waals surface area contributed by atoms with Gasteiger partial charge < -0.3 is 9.84 Å². The van der Waals surface area contributed by atoms with Gasteiger partial charge in [-0.15, -0.1) is 0 Å². The molecule has 2 rings (SSSR count). The molecule has 0 radical (unpaired) electrons. The van der Waals surface area contributed by atoms with Crippen LogP contribution in [0.4, 0.5) is 0 Å². The molecule has 2 atom stereocenters. The van der Waals surface area contributed by atoms with E-state index in [1.54, 1.807) is 7.11 Å². The summed E-state index contributed by atoms with van der Waals surface area (Å²) in [5, 5.41) is 9.13. The first kappa shape index (κ1) is 14.3. The Bertz CT molecular complexity index is 478. The maximum absolute atomic E-state index is 11.1. The quantitative estimate of drug-likeness (QED) is 0.923. The Hall–Kier alpha value is -1.07. The second-order valence-corrected chi connectivity index (χ2v) is 5.94. The summed E-state index contributed by atoms with van der Waals surface area (Å²) in [5.74, 6) is 0.0775. The molecule has 1 aromatic carbocycles.